The third-order valence-electron chi connectivity index (χ3n) is 6.37. The zero-order valence-corrected chi connectivity index (χ0v) is 22.0. The molecule has 3 aromatic carbocycles. The zero-order chi connectivity index (χ0) is 25.8. The monoisotopic (exact) mass is 533 g/mol. The summed E-state index contributed by atoms with van der Waals surface area (Å²) in [6.45, 7) is 3.76. The molecule has 37 heavy (non-hydrogen) atoms. The van der Waals surface area contributed by atoms with E-state index >= 15 is 0 Å². The van der Waals surface area contributed by atoms with Gasteiger partial charge in [0.05, 0.1) is 6.04 Å². The summed E-state index contributed by atoms with van der Waals surface area (Å²) in [4.78, 5) is 14.8. The van der Waals surface area contributed by atoms with E-state index in [0.29, 0.717) is 31.7 Å². The summed E-state index contributed by atoms with van der Waals surface area (Å²) >= 11 is 0.863. The van der Waals surface area contributed by atoms with Gasteiger partial charge in [-0.25, -0.2) is 8.42 Å². The predicted molar refractivity (Wildman–Crippen MR) is 144 cm³/mol. The Labute approximate surface area is 220 Å². The lowest BCUT2D eigenvalue weighted by atomic mass is 9.96. The summed E-state index contributed by atoms with van der Waals surface area (Å²) in [7, 11) is -3.83. The minimum Gasteiger partial charge on any atom is -0.296 e. The molecule has 0 aliphatic carbocycles. The highest BCUT2D eigenvalue weighted by atomic mass is 32.2. The maximum Gasteiger partial charge on any atom is 0.272 e. The van der Waals surface area contributed by atoms with Crippen molar-refractivity contribution in [3.05, 3.63) is 107 Å². The van der Waals surface area contributed by atoms with E-state index < -0.39 is 10.0 Å². The highest BCUT2D eigenvalue weighted by molar-refractivity contribution is 7.91. The van der Waals surface area contributed by atoms with E-state index in [4.69, 9.17) is 0 Å². The Balaban J connectivity index is 1.27. The summed E-state index contributed by atoms with van der Waals surface area (Å²) in [6.07, 6.45) is 0. The molecule has 0 radical (unpaired) electrons. The second-order valence-electron chi connectivity index (χ2n) is 8.86. The van der Waals surface area contributed by atoms with Gasteiger partial charge in [-0.1, -0.05) is 89.7 Å². The van der Waals surface area contributed by atoms with E-state index in [2.05, 4.69) is 44.7 Å². The number of anilines is 1. The lowest BCUT2D eigenvalue weighted by Gasteiger charge is -2.38. The van der Waals surface area contributed by atoms with Crippen molar-refractivity contribution in [1.29, 1.82) is 0 Å². The number of aryl methyl sites for hydroxylation is 1. The fraction of sp³-hybridized carbons (Fsp3) is 0.222. The maximum atomic E-state index is 13.3. The highest BCUT2D eigenvalue weighted by Gasteiger charge is 2.34. The van der Waals surface area contributed by atoms with Gasteiger partial charge in [0, 0.05) is 31.7 Å². The molecule has 190 valence electrons. The number of sulfonamides is 1. The average Bonchev–Trinajstić information content (AvgIpc) is 3.40. The first-order chi connectivity index (χ1) is 17.9. The van der Waals surface area contributed by atoms with E-state index in [1.54, 1.807) is 12.1 Å². The van der Waals surface area contributed by atoms with Crippen LogP contribution in [0.5, 0.6) is 0 Å². The van der Waals surface area contributed by atoms with Crippen LogP contribution in [0.4, 0.5) is 5.13 Å². The van der Waals surface area contributed by atoms with E-state index in [9.17, 15) is 13.2 Å². The Morgan fingerprint density at radius 3 is 1.97 bits per heavy atom. The zero-order valence-electron chi connectivity index (χ0n) is 20.3. The second-order valence-corrected chi connectivity index (χ2v) is 11.9. The molecule has 2 heterocycles. The second kappa shape index (κ2) is 10.9. The Bertz CT molecular complexity index is 1410. The Kier molecular flexibility index (Phi) is 7.43. The number of nitrogens with zero attached hydrogens (tertiary/aromatic N) is 4. The quantitative estimate of drug-likeness (QED) is 0.358. The van der Waals surface area contributed by atoms with E-state index in [1.807, 2.05) is 55.5 Å². The largest absolute Gasteiger partial charge is 0.296 e. The molecule has 0 atom stereocenters. The van der Waals surface area contributed by atoms with Crippen LogP contribution in [-0.2, 0) is 10.0 Å². The summed E-state index contributed by atoms with van der Waals surface area (Å²) in [5.74, 6) is -0.360. The molecule has 0 saturated carbocycles. The van der Waals surface area contributed by atoms with Crippen LogP contribution in [0.15, 0.2) is 89.3 Å². The van der Waals surface area contributed by atoms with Crippen LogP contribution in [0.1, 0.15) is 33.1 Å². The highest BCUT2D eigenvalue weighted by Crippen LogP contribution is 2.31. The molecule has 1 aliphatic heterocycles. The van der Waals surface area contributed by atoms with E-state index in [0.717, 1.165) is 16.9 Å². The van der Waals surface area contributed by atoms with E-state index in [-0.39, 0.29) is 21.4 Å². The predicted octanol–water partition coefficient (Wildman–Crippen LogP) is 4.19. The number of carbonyl (C=O) groups is 1. The molecule has 1 amide bonds. The van der Waals surface area contributed by atoms with Crippen LogP contribution in [0.3, 0.4) is 0 Å². The van der Waals surface area contributed by atoms with Crippen LogP contribution < -0.4 is 5.32 Å². The number of amides is 1. The van der Waals surface area contributed by atoms with Gasteiger partial charge in [-0.2, -0.15) is 4.31 Å². The topological polar surface area (TPSA) is 95.5 Å². The molecule has 5 rings (SSSR count). The van der Waals surface area contributed by atoms with Crippen molar-refractivity contribution < 1.29 is 13.2 Å². The molecule has 1 aliphatic rings. The molecule has 0 spiro atoms. The molecule has 10 heteroatoms. The van der Waals surface area contributed by atoms with Crippen LogP contribution in [-0.4, -0.2) is 59.9 Å². The van der Waals surface area contributed by atoms with Crippen molar-refractivity contribution in [1.82, 2.24) is 19.4 Å². The normalized spacial score (nSPS) is 15.1. The molecule has 1 N–H and O–H groups in total. The van der Waals surface area contributed by atoms with Crippen molar-refractivity contribution in [3.8, 4) is 0 Å². The lowest BCUT2D eigenvalue weighted by molar-refractivity contribution is 0.102. The molecular weight excluding hydrogens is 506 g/mol. The summed E-state index contributed by atoms with van der Waals surface area (Å²) < 4.78 is 28.0. The number of carbonyl (C=O) groups excluding carboxylic acids is 1. The van der Waals surface area contributed by atoms with E-state index in [1.165, 1.54) is 15.4 Å². The molecule has 0 unspecified atom stereocenters. The third-order valence-corrected chi connectivity index (χ3v) is 9.45. The minimum atomic E-state index is -3.83. The molecule has 1 fully saturated rings. The smallest absolute Gasteiger partial charge is 0.272 e. The maximum absolute atomic E-state index is 13.3. The summed E-state index contributed by atoms with van der Waals surface area (Å²) in [5.41, 5.74) is 3.85. The Morgan fingerprint density at radius 2 is 1.41 bits per heavy atom. The van der Waals surface area contributed by atoms with Crippen molar-refractivity contribution in [2.75, 3.05) is 31.5 Å². The summed E-state index contributed by atoms with van der Waals surface area (Å²) in [5, 5.41) is 10.6. The first kappa shape index (κ1) is 25.2. The first-order valence-electron chi connectivity index (χ1n) is 12.0. The molecule has 0 bridgehead atoms. The number of benzene rings is 3. The molecule has 8 nitrogen and oxygen atoms in total. The number of nitrogens with one attached hydrogen (secondary N) is 1. The number of hydrogen-bond donors (Lipinski definition) is 1. The third kappa shape index (κ3) is 5.62. The van der Waals surface area contributed by atoms with Crippen LogP contribution in [0, 0.1) is 6.92 Å². The SMILES string of the molecule is Cc1ccc(C(=O)Nc2nnc(S(=O)(=O)N3CCN(C(c4ccccc4)c4ccccc4)CC3)s2)cc1. The number of piperazine rings is 1. The standard InChI is InChI=1S/C27H27N5O3S2/c1-20-12-14-23(15-13-20)25(33)28-26-29-30-27(36-26)37(34,35)32-18-16-31(17-19-32)24(21-8-4-2-5-9-21)22-10-6-3-7-11-22/h2-15,24H,16-19H2,1H3,(H,28,29,33). The van der Waals surface area contributed by atoms with Gasteiger partial charge in [-0.05, 0) is 30.2 Å². The first-order valence-corrected chi connectivity index (χ1v) is 14.2. The van der Waals surface area contributed by atoms with Gasteiger partial charge in [0.15, 0.2) is 0 Å². The molecule has 4 aromatic rings. The molecule has 1 saturated heterocycles. The van der Waals surface area contributed by atoms with Crippen LogP contribution in [0.2, 0.25) is 0 Å². The molecule has 1 aromatic heterocycles. The molecular formula is C27H27N5O3S2. The van der Waals surface area contributed by atoms with Crippen LogP contribution >= 0.6 is 11.3 Å². The Hall–Kier alpha value is -3.44. The fourth-order valence-corrected chi connectivity index (χ4v) is 6.89. The average molecular weight is 534 g/mol. The fourth-order valence-electron chi connectivity index (χ4n) is 4.44. The van der Waals surface area contributed by atoms with Gasteiger partial charge in [0.2, 0.25) is 9.47 Å². The number of hydrogen-bond acceptors (Lipinski definition) is 7. The van der Waals surface area contributed by atoms with Gasteiger partial charge in [0.1, 0.15) is 0 Å². The van der Waals surface area contributed by atoms with Crippen molar-refractivity contribution >= 4 is 32.4 Å². The van der Waals surface area contributed by atoms with Gasteiger partial charge >= 0.3 is 0 Å². The van der Waals surface area contributed by atoms with Gasteiger partial charge in [-0.3, -0.25) is 15.0 Å². The van der Waals surface area contributed by atoms with Crippen LogP contribution in [0.25, 0.3) is 0 Å². The van der Waals surface area contributed by atoms with Gasteiger partial charge < -0.3 is 0 Å². The van der Waals surface area contributed by atoms with Crippen molar-refractivity contribution in [2.24, 2.45) is 0 Å². The van der Waals surface area contributed by atoms with Crippen molar-refractivity contribution in [2.45, 2.75) is 17.3 Å². The number of rotatable bonds is 7. The number of aromatic nitrogens is 2. The summed E-state index contributed by atoms with van der Waals surface area (Å²) in [6, 6.07) is 27.6. The Morgan fingerprint density at radius 1 is 0.838 bits per heavy atom. The minimum absolute atomic E-state index is 0.0392. The van der Waals surface area contributed by atoms with Gasteiger partial charge in [0.25, 0.3) is 15.9 Å². The lowest BCUT2D eigenvalue weighted by Crippen LogP contribution is -2.49. The van der Waals surface area contributed by atoms with Gasteiger partial charge in [-0.15, -0.1) is 10.2 Å². The van der Waals surface area contributed by atoms with Crippen molar-refractivity contribution in [3.63, 3.8) is 0 Å².